The van der Waals surface area contributed by atoms with E-state index in [2.05, 4.69) is 4.74 Å². The van der Waals surface area contributed by atoms with Gasteiger partial charge in [-0.25, -0.2) is 4.79 Å². The number of carbonyl (C=O) groups excluding carboxylic acids is 2. The summed E-state index contributed by atoms with van der Waals surface area (Å²) in [5, 5.41) is 8.93. The van der Waals surface area contributed by atoms with Gasteiger partial charge >= 0.3 is 11.9 Å². The van der Waals surface area contributed by atoms with Gasteiger partial charge in [0.1, 0.15) is 17.5 Å². The number of amides is 1. The van der Waals surface area contributed by atoms with E-state index >= 15 is 0 Å². The van der Waals surface area contributed by atoms with Crippen molar-refractivity contribution in [1.82, 2.24) is 4.90 Å². The first-order valence-electron chi connectivity index (χ1n) is 9.27. The summed E-state index contributed by atoms with van der Waals surface area (Å²) in [5.74, 6) is -1.02. The smallest absolute Gasteiger partial charge is 0.337 e. The van der Waals surface area contributed by atoms with E-state index in [1.807, 2.05) is 0 Å². The molecule has 166 valence electrons. The second-order valence-corrected chi connectivity index (χ2v) is 8.22. The van der Waals surface area contributed by atoms with Crippen LogP contribution in [0.2, 0.25) is 0 Å². The van der Waals surface area contributed by atoms with E-state index in [1.54, 1.807) is 48.5 Å². The minimum absolute atomic E-state index is 0.203. The summed E-state index contributed by atoms with van der Waals surface area (Å²) >= 11 is 6.15. The summed E-state index contributed by atoms with van der Waals surface area (Å²) < 4.78 is 16.1. The Morgan fingerprint density at radius 3 is 2.47 bits per heavy atom. The molecule has 10 heteroatoms. The molecule has 0 saturated carbocycles. The van der Waals surface area contributed by atoms with Gasteiger partial charge in [0, 0.05) is 0 Å². The number of thiocarbonyl (C=S) groups is 1. The molecule has 1 N–H and O–H groups in total. The summed E-state index contributed by atoms with van der Waals surface area (Å²) in [7, 11) is 2.83. The molecule has 3 rings (SSSR count). The van der Waals surface area contributed by atoms with E-state index in [9.17, 15) is 14.4 Å². The lowest BCUT2D eigenvalue weighted by molar-refractivity contribution is -0.140. The minimum atomic E-state index is -1.13. The average molecular weight is 474 g/mol. The zero-order valence-corrected chi connectivity index (χ0v) is 18.8. The molecule has 0 bridgehead atoms. The Labute approximate surface area is 193 Å². The van der Waals surface area contributed by atoms with Crippen LogP contribution in [0.25, 0.3) is 6.08 Å². The third kappa shape index (κ3) is 5.45. The van der Waals surface area contributed by atoms with Gasteiger partial charge < -0.3 is 19.3 Å². The van der Waals surface area contributed by atoms with Crippen molar-refractivity contribution >= 4 is 52.2 Å². The molecular formula is C22H19NO7S2. The highest BCUT2D eigenvalue weighted by molar-refractivity contribution is 8.26. The topological polar surface area (TPSA) is 102 Å². The SMILES string of the molecule is COC(=O)c1ccc(COc2ccc(C=C3SC(=S)N(CC(=O)O)C3=O)cc2OC)cc1. The standard InChI is InChI=1S/C22H19NO7S2/c1-28-17-9-14(10-18-20(26)23(11-19(24)25)22(31)32-18)5-8-16(17)30-12-13-3-6-15(7-4-13)21(27)29-2/h3-10H,11-12H2,1-2H3,(H,24,25). The first-order valence-corrected chi connectivity index (χ1v) is 10.5. The molecule has 1 amide bonds. The molecule has 0 aliphatic carbocycles. The lowest BCUT2D eigenvalue weighted by Gasteiger charge is -2.12. The summed E-state index contributed by atoms with van der Waals surface area (Å²) in [5.41, 5.74) is 1.98. The van der Waals surface area contributed by atoms with Gasteiger partial charge in [0.05, 0.1) is 24.7 Å². The van der Waals surface area contributed by atoms with Crippen LogP contribution in [0.3, 0.4) is 0 Å². The number of ether oxygens (including phenoxy) is 3. The second-order valence-electron chi connectivity index (χ2n) is 6.55. The molecule has 1 fully saturated rings. The number of thioether (sulfide) groups is 1. The van der Waals surface area contributed by atoms with Crippen LogP contribution >= 0.6 is 24.0 Å². The maximum Gasteiger partial charge on any atom is 0.337 e. The van der Waals surface area contributed by atoms with Crippen molar-refractivity contribution < 1.29 is 33.7 Å². The quantitative estimate of drug-likeness (QED) is 0.351. The van der Waals surface area contributed by atoms with Crippen LogP contribution in [0.15, 0.2) is 47.4 Å². The number of carboxylic acid groups (broad SMARTS) is 1. The molecule has 0 atom stereocenters. The van der Waals surface area contributed by atoms with Gasteiger partial charge in [-0.2, -0.15) is 0 Å². The van der Waals surface area contributed by atoms with Crippen molar-refractivity contribution in [2.45, 2.75) is 6.61 Å². The lowest BCUT2D eigenvalue weighted by atomic mass is 10.1. The molecule has 2 aromatic rings. The predicted octanol–water partition coefficient (Wildman–Crippen LogP) is 3.35. The number of aliphatic carboxylic acids is 1. The first-order chi connectivity index (χ1) is 15.3. The fraction of sp³-hybridized carbons (Fsp3) is 0.182. The maximum atomic E-state index is 12.4. The van der Waals surface area contributed by atoms with Gasteiger partial charge in [-0.1, -0.05) is 42.2 Å². The fourth-order valence-electron chi connectivity index (χ4n) is 2.83. The third-order valence-electron chi connectivity index (χ3n) is 4.42. The highest BCUT2D eigenvalue weighted by Gasteiger charge is 2.33. The zero-order valence-electron chi connectivity index (χ0n) is 17.2. The number of hydrogen-bond acceptors (Lipinski definition) is 8. The molecule has 0 spiro atoms. The van der Waals surface area contributed by atoms with Crippen LogP contribution in [-0.4, -0.2) is 52.9 Å². The highest BCUT2D eigenvalue weighted by atomic mass is 32.2. The largest absolute Gasteiger partial charge is 0.493 e. The van der Waals surface area contributed by atoms with E-state index in [0.717, 1.165) is 22.2 Å². The third-order valence-corrected chi connectivity index (χ3v) is 5.80. The number of benzene rings is 2. The number of carbonyl (C=O) groups is 3. The van der Waals surface area contributed by atoms with Crippen LogP contribution in [-0.2, 0) is 20.9 Å². The monoisotopic (exact) mass is 473 g/mol. The highest BCUT2D eigenvalue weighted by Crippen LogP contribution is 2.34. The average Bonchev–Trinajstić information content (AvgIpc) is 3.04. The van der Waals surface area contributed by atoms with Crippen molar-refractivity contribution in [2.75, 3.05) is 20.8 Å². The van der Waals surface area contributed by atoms with E-state index in [1.165, 1.54) is 14.2 Å². The predicted molar refractivity (Wildman–Crippen MR) is 123 cm³/mol. The van der Waals surface area contributed by atoms with Gasteiger partial charge in [-0.05, 0) is 41.5 Å². The molecule has 0 unspecified atom stereocenters. The molecule has 1 aliphatic rings. The Kier molecular flexibility index (Phi) is 7.49. The van der Waals surface area contributed by atoms with Crippen LogP contribution < -0.4 is 9.47 Å². The van der Waals surface area contributed by atoms with Gasteiger partial charge in [-0.3, -0.25) is 14.5 Å². The molecule has 2 aromatic carbocycles. The maximum absolute atomic E-state index is 12.4. The summed E-state index contributed by atoms with van der Waals surface area (Å²) in [6.07, 6.45) is 1.62. The van der Waals surface area contributed by atoms with Crippen molar-refractivity contribution in [2.24, 2.45) is 0 Å². The molecule has 8 nitrogen and oxygen atoms in total. The van der Waals surface area contributed by atoms with E-state index < -0.39 is 24.4 Å². The number of carboxylic acids is 1. The van der Waals surface area contributed by atoms with E-state index in [4.69, 9.17) is 26.8 Å². The number of hydrogen-bond donors (Lipinski definition) is 1. The number of esters is 1. The van der Waals surface area contributed by atoms with E-state index in [-0.39, 0.29) is 10.9 Å². The van der Waals surface area contributed by atoms with Crippen LogP contribution in [0.4, 0.5) is 0 Å². The van der Waals surface area contributed by atoms with Crippen LogP contribution in [0.1, 0.15) is 21.5 Å². The Morgan fingerprint density at radius 1 is 1.12 bits per heavy atom. The van der Waals surface area contributed by atoms with Gasteiger partial charge in [-0.15, -0.1) is 0 Å². The number of methoxy groups -OCH3 is 2. The van der Waals surface area contributed by atoms with Gasteiger partial charge in [0.15, 0.2) is 11.5 Å². The lowest BCUT2D eigenvalue weighted by Crippen LogP contribution is -2.33. The Balaban J connectivity index is 1.71. The molecule has 1 heterocycles. The Hall–Kier alpha value is -3.37. The van der Waals surface area contributed by atoms with Crippen LogP contribution in [0, 0.1) is 0 Å². The molecule has 32 heavy (non-hydrogen) atoms. The van der Waals surface area contributed by atoms with Gasteiger partial charge in [0.25, 0.3) is 5.91 Å². The fourth-order valence-corrected chi connectivity index (χ4v) is 4.09. The van der Waals surface area contributed by atoms with Crippen LogP contribution in [0.5, 0.6) is 11.5 Å². The van der Waals surface area contributed by atoms with Gasteiger partial charge in [0.2, 0.25) is 0 Å². The number of nitrogens with zero attached hydrogens (tertiary/aromatic N) is 1. The molecule has 1 saturated heterocycles. The first kappa shape index (κ1) is 23.3. The summed E-state index contributed by atoms with van der Waals surface area (Å²) in [4.78, 5) is 36.2. The Morgan fingerprint density at radius 2 is 1.84 bits per heavy atom. The second kappa shape index (κ2) is 10.3. The Bertz CT molecular complexity index is 1100. The van der Waals surface area contributed by atoms with Crippen molar-refractivity contribution in [3.8, 4) is 11.5 Å². The minimum Gasteiger partial charge on any atom is -0.493 e. The molecular weight excluding hydrogens is 454 g/mol. The van der Waals surface area contributed by atoms with Crippen molar-refractivity contribution in [3.05, 3.63) is 64.1 Å². The summed E-state index contributed by atoms with van der Waals surface area (Å²) in [6, 6.07) is 12.0. The molecule has 0 radical (unpaired) electrons. The molecule has 0 aromatic heterocycles. The van der Waals surface area contributed by atoms with E-state index in [0.29, 0.717) is 27.5 Å². The molecule has 1 aliphatic heterocycles. The summed E-state index contributed by atoms with van der Waals surface area (Å²) in [6.45, 7) is -0.219. The zero-order chi connectivity index (χ0) is 23.3. The van der Waals surface area contributed by atoms with Crippen molar-refractivity contribution in [3.63, 3.8) is 0 Å². The van der Waals surface area contributed by atoms with Crippen molar-refractivity contribution in [1.29, 1.82) is 0 Å². The normalized spacial score (nSPS) is 14.6. The number of rotatable bonds is 8.